The van der Waals surface area contributed by atoms with Crippen molar-refractivity contribution in [2.75, 3.05) is 50.8 Å². The third-order valence-corrected chi connectivity index (χ3v) is 7.63. The molecule has 1 heterocycles. The monoisotopic (exact) mass is 539 g/mol. The van der Waals surface area contributed by atoms with Crippen LogP contribution in [-0.4, -0.2) is 66.5 Å². The Morgan fingerprint density at radius 3 is 2.18 bits per heavy atom. The molecule has 1 atom stereocenters. The number of carbonyl (C=O) groups is 1. The van der Waals surface area contributed by atoms with Crippen molar-refractivity contribution in [2.24, 2.45) is 5.10 Å². The van der Waals surface area contributed by atoms with Gasteiger partial charge in [-0.2, -0.15) is 5.10 Å². The van der Waals surface area contributed by atoms with Gasteiger partial charge >= 0.3 is 0 Å². The molecule has 1 aliphatic heterocycles. The van der Waals surface area contributed by atoms with Gasteiger partial charge in [-0.3, -0.25) is 4.79 Å². The number of ether oxygens (including phenoxy) is 3. The number of halogens is 1. The molecule has 0 saturated carbocycles. The molecule has 9 nitrogen and oxygen atoms in total. The maximum absolute atomic E-state index is 12.6. The highest BCUT2D eigenvalue weighted by Gasteiger charge is 2.23. The minimum absolute atomic E-state index is 0.145. The Morgan fingerprint density at radius 2 is 1.67 bits per heavy atom. The van der Waals surface area contributed by atoms with E-state index in [1.165, 1.54) is 13.3 Å². The predicted molar refractivity (Wildman–Crippen MR) is 130 cm³/mol. The van der Waals surface area contributed by atoms with Crippen molar-refractivity contribution < 1.29 is 27.4 Å². The molecule has 0 bridgehead atoms. The Hall–Kier alpha value is -2.63. The van der Waals surface area contributed by atoms with Crippen molar-refractivity contribution >= 4 is 43.6 Å². The highest BCUT2D eigenvalue weighted by Crippen LogP contribution is 2.35. The van der Waals surface area contributed by atoms with Gasteiger partial charge in [0.15, 0.2) is 15.9 Å². The van der Waals surface area contributed by atoms with E-state index in [0.717, 1.165) is 5.69 Å². The molecule has 0 aliphatic carbocycles. The molecule has 1 amide bonds. The van der Waals surface area contributed by atoms with E-state index in [4.69, 9.17) is 14.2 Å². The normalized spacial score (nSPS) is 16.4. The standard InChI is InChI=1S/C22H26BrN3O6S/c1-30-18-12-15(13-19(31-2)20(18)23)14-24-25-22(27)21(32-3)16-4-6-17(7-5-16)26-8-10-33(28,29)11-9-26/h4-7,12-14,21H,8-11H2,1-3H3,(H,25,27)/b24-14+. The van der Waals surface area contributed by atoms with Gasteiger partial charge in [-0.15, -0.1) is 0 Å². The first-order valence-electron chi connectivity index (χ1n) is 10.1. The molecule has 1 N–H and O–H groups in total. The van der Waals surface area contributed by atoms with Crippen LogP contribution >= 0.6 is 15.9 Å². The van der Waals surface area contributed by atoms with Crippen LogP contribution in [0, 0.1) is 0 Å². The number of hydrogen-bond donors (Lipinski definition) is 1. The summed E-state index contributed by atoms with van der Waals surface area (Å²) in [6.45, 7) is 0.909. The Kier molecular flexibility index (Phi) is 8.33. The van der Waals surface area contributed by atoms with Crippen molar-refractivity contribution in [3.8, 4) is 11.5 Å². The van der Waals surface area contributed by atoms with Crippen molar-refractivity contribution in [3.05, 3.63) is 52.0 Å². The fourth-order valence-electron chi connectivity index (χ4n) is 3.42. The quantitative estimate of drug-likeness (QED) is 0.405. The van der Waals surface area contributed by atoms with Crippen molar-refractivity contribution in [1.82, 2.24) is 5.43 Å². The maximum atomic E-state index is 12.6. The van der Waals surface area contributed by atoms with E-state index in [1.54, 1.807) is 38.5 Å². The lowest BCUT2D eigenvalue weighted by Crippen LogP contribution is -2.40. The minimum atomic E-state index is -2.94. The molecule has 0 radical (unpaired) electrons. The molecule has 2 aromatic rings. The summed E-state index contributed by atoms with van der Waals surface area (Å²) in [4.78, 5) is 14.7. The topological polar surface area (TPSA) is 107 Å². The molecule has 178 valence electrons. The molecule has 1 saturated heterocycles. The maximum Gasteiger partial charge on any atom is 0.273 e. The van der Waals surface area contributed by atoms with E-state index in [0.29, 0.717) is 40.2 Å². The molecular weight excluding hydrogens is 514 g/mol. The number of nitrogens with zero attached hydrogens (tertiary/aromatic N) is 2. The summed E-state index contributed by atoms with van der Waals surface area (Å²) in [5.41, 5.74) is 4.73. The van der Waals surface area contributed by atoms with Crippen LogP contribution in [-0.2, 0) is 19.4 Å². The minimum Gasteiger partial charge on any atom is -0.495 e. The Morgan fingerprint density at radius 1 is 1.09 bits per heavy atom. The second-order valence-electron chi connectivity index (χ2n) is 7.32. The van der Waals surface area contributed by atoms with Crippen LogP contribution in [0.2, 0.25) is 0 Å². The first-order valence-corrected chi connectivity index (χ1v) is 12.7. The highest BCUT2D eigenvalue weighted by atomic mass is 79.9. The van der Waals surface area contributed by atoms with Gasteiger partial charge in [0.05, 0.1) is 31.9 Å². The van der Waals surface area contributed by atoms with Crippen molar-refractivity contribution in [2.45, 2.75) is 6.10 Å². The van der Waals surface area contributed by atoms with E-state index < -0.39 is 21.8 Å². The number of rotatable bonds is 8. The van der Waals surface area contributed by atoms with E-state index >= 15 is 0 Å². The van der Waals surface area contributed by atoms with Gasteiger partial charge in [0.2, 0.25) is 0 Å². The summed E-state index contributed by atoms with van der Waals surface area (Å²) in [5, 5.41) is 4.02. The first kappa shape index (κ1) is 25.0. The SMILES string of the molecule is COc1cc(/C=N/NC(=O)C(OC)c2ccc(N3CCS(=O)(=O)CC3)cc2)cc(OC)c1Br. The van der Waals surface area contributed by atoms with E-state index in [-0.39, 0.29) is 11.5 Å². The van der Waals surface area contributed by atoms with Crippen LogP contribution < -0.4 is 19.8 Å². The van der Waals surface area contributed by atoms with Gasteiger partial charge in [-0.05, 0) is 45.8 Å². The Bertz CT molecular complexity index is 1080. The lowest BCUT2D eigenvalue weighted by Gasteiger charge is -2.29. The van der Waals surface area contributed by atoms with Crippen LogP contribution in [0.25, 0.3) is 0 Å². The number of carbonyl (C=O) groups excluding carboxylic acids is 1. The van der Waals surface area contributed by atoms with Crippen molar-refractivity contribution in [1.29, 1.82) is 0 Å². The fraction of sp³-hybridized carbons (Fsp3) is 0.364. The molecule has 33 heavy (non-hydrogen) atoms. The highest BCUT2D eigenvalue weighted by molar-refractivity contribution is 9.10. The molecule has 0 spiro atoms. The van der Waals surface area contributed by atoms with Gasteiger partial charge in [0, 0.05) is 31.5 Å². The number of sulfone groups is 1. The van der Waals surface area contributed by atoms with Crippen LogP contribution in [0.4, 0.5) is 5.69 Å². The molecule has 11 heteroatoms. The van der Waals surface area contributed by atoms with Crippen molar-refractivity contribution in [3.63, 3.8) is 0 Å². The fourth-order valence-corrected chi connectivity index (χ4v) is 5.17. The number of nitrogens with one attached hydrogen (secondary N) is 1. The zero-order valence-electron chi connectivity index (χ0n) is 18.6. The summed E-state index contributed by atoms with van der Waals surface area (Å²) in [6, 6.07) is 10.8. The van der Waals surface area contributed by atoms with E-state index in [2.05, 4.69) is 26.5 Å². The Labute approximate surface area is 201 Å². The van der Waals surface area contributed by atoms with Gasteiger partial charge < -0.3 is 19.1 Å². The summed E-state index contributed by atoms with van der Waals surface area (Å²) in [7, 11) is 1.59. The summed E-state index contributed by atoms with van der Waals surface area (Å²) >= 11 is 3.41. The van der Waals surface area contributed by atoms with Crippen LogP contribution in [0.5, 0.6) is 11.5 Å². The van der Waals surface area contributed by atoms with E-state index in [9.17, 15) is 13.2 Å². The third-order valence-electron chi connectivity index (χ3n) is 5.24. The van der Waals surface area contributed by atoms with Gasteiger partial charge in [0.25, 0.3) is 5.91 Å². The number of amides is 1. The third kappa shape index (κ3) is 6.24. The van der Waals surface area contributed by atoms with Gasteiger partial charge in [-0.1, -0.05) is 12.1 Å². The zero-order chi connectivity index (χ0) is 24.0. The number of methoxy groups -OCH3 is 3. The molecular formula is C22H26BrN3O6S. The molecule has 2 aromatic carbocycles. The number of hydrazone groups is 1. The zero-order valence-corrected chi connectivity index (χ0v) is 21.0. The predicted octanol–water partition coefficient (Wildman–Crippen LogP) is 2.54. The summed E-state index contributed by atoms with van der Waals surface area (Å²) < 4.78 is 39.9. The van der Waals surface area contributed by atoms with Gasteiger partial charge in [0.1, 0.15) is 16.0 Å². The van der Waals surface area contributed by atoms with Gasteiger partial charge in [-0.25, -0.2) is 13.8 Å². The lowest BCUT2D eigenvalue weighted by atomic mass is 10.1. The average molecular weight is 540 g/mol. The molecule has 1 aliphatic rings. The van der Waals surface area contributed by atoms with Crippen LogP contribution in [0.15, 0.2) is 46.0 Å². The average Bonchev–Trinajstić information content (AvgIpc) is 2.81. The van der Waals surface area contributed by atoms with Crippen LogP contribution in [0.1, 0.15) is 17.2 Å². The molecule has 1 unspecified atom stereocenters. The van der Waals surface area contributed by atoms with Crippen LogP contribution in [0.3, 0.4) is 0 Å². The molecule has 1 fully saturated rings. The Balaban J connectivity index is 1.65. The molecule has 3 rings (SSSR count). The number of benzene rings is 2. The summed E-state index contributed by atoms with van der Waals surface area (Å²) in [5.74, 6) is 1.01. The second-order valence-corrected chi connectivity index (χ2v) is 10.4. The molecule has 0 aromatic heterocycles. The first-order chi connectivity index (χ1) is 15.8. The number of anilines is 1. The number of hydrogen-bond acceptors (Lipinski definition) is 8. The second kappa shape index (κ2) is 11.0. The lowest BCUT2D eigenvalue weighted by molar-refractivity contribution is -0.131. The van der Waals surface area contributed by atoms with E-state index in [1.807, 2.05) is 17.0 Å². The summed E-state index contributed by atoms with van der Waals surface area (Å²) in [6.07, 6.45) is 0.627. The smallest absolute Gasteiger partial charge is 0.273 e. The largest absolute Gasteiger partial charge is 0.495 e.